The summed E-state index contributed by atoms with van der Waals surface area (Å²) in [7, 11) is 1.57. The third-order valence-electron chi connectivity index (χ3n) is 6.49. The lowest BCUT2D eigenvalue weighted by Gasteiger charge is -2.23. The number of phenols is 1. The van der Waals surface area contributed by atoms with Gasteiger partial charge >= 0.3 is 0 Å². The van der Waals surface area contributed by atoms with Crippen LogP contribution in [-0.2, 0) is 7.05 Å². The number of nitrogens with zero attached hydrogens (tertiary/aromatic N) is 1. The number of hydrogen-bond acceptors (Lipinski definition) is 6. The van der Waals surface area contributed by atoms with Crippen LogP contribution >= 0.6 is 0 Å². The number of para-hydroxylation sites is 1. The number of anilines is 2. The van der Waals surface area contributed by atoms with E-state index in [0.717, 1.165) is 10.8 Å². The molecule has 1 aromatic heterocycles. The Morgan fingerprint density at radius 1 is 0.917 bits per heavy atom. The van der Waals surface area contributed by atoms with Gasteiger partial charge in [0, 0.05) is 35.8 Å². The number of phenolic OH excluding ortho intramolecular Hbond substituents is 1. The van der Waals surface area contributed by atoms with Gasteiger partial charge in [0.2, 0.25) is 0 Å². The van der Waals surface area contributed by atoms with E-state index in [1.807, 2.05) is 24.3 Å². The zero-order valence-corrected chi connectivity index (χ0v) is 19.6. The smallest absolute Gasteiger partial charge is 0.265 e. The number of rotatable bonds is 6. The largest absolute Gasteiger partial charge is 0.508 e. The van der Waals surface area contributed by atoms with Crippen LogP contribution in [0.3, 0.4) is 0 Å². The third-order valence-corrected chi connectivity index (χ3v) is 6.49. The molecule has 1 atom stereocenters. The van der Waals surface area contributed by atoms with E-state index < -0.39 is 17.4 Å². The van der Waals surface area contributed by atoms with Crippen molar-refractivity contribution < 1.29 is 15.0 Å². The molecule has 0 radical (unpaired) electrons. The van der Waals surface area contributed by atoms with Crippen LogP contribution in [0.4, 0.5) is 11.4 Å². The van der Waals surface area contributed by atoms with Gasteiger partial charge in [0.1, 0.15) is 17.1 Å². The number of aromatic hydroxyl groups is 2. The van der Waals surface area contributed by atoms with Gasteiger partial charge in [-0.25, -0.2) is 0 Å². The molecular formula is C29H25N3O4. The molecule has 0 saturated heterocycles. The Bertz CT molecular complexity index is 1670. The Morgan fingerprint density at radius 3 is 2.33 bits per heavy atom. The molecule has 1 unspecified atom stereocenters. The van der Waals surface area contributed by atoms with Crippen LogP contribution in [0.5, 0.6) is 11.5 Å². The van der Waals surface area contributed by atoms with Crippen molar-refractivity contribution >= 4 is 38.8 Å². The number of nitrogen functional groups attached to an aromatic ring is 1. The summed E-state index contributed by atoms with van der Waals surface area (Å²) in [5.41, 5.74) is 7.30. The summed E-state index contributed by atoms with van der Waals surface area (Å²) in [6.45, 7) is 0. The van der Waals surface area contributed by atoms with Crippen molar-refractivity contribution in [2.45, 2.75) is 12.5 Å². The summed E-state index contributed by atoms with van der Waals surface area (Å²) in [5.74, 6) is -0.865. The average molecular weight is 480 g/mol. The second kappa shape index (κ2) is 9.11. The molecule has 1 heterocycles. The summed E-state index contributed by atoms with van der Waals surface area (Å²) in [4.78, 5) is 26.8. The van der Waals surface area contributed by atoms with Gasteiger partial charge in [0.05, 0.1) is 11.6 Å². The lowest BCUT2D eigenvalue weighted by atomic mass is 9.92. The van der Waals surface area contributed by atoms with Crippen molar-refractivity contribution in [3.63, 3.8) is 0 Å². The number of aromatic nitrogens is 1. The summed E-state index contributed by atoms with van der Waals surface area (Å²) in [6, 6.07) is 24.1. The normalized spacial score (nSPS) is 12.0. The number of benzene rings is 4. The minimum atomic E-state index is -0.706. The number of ketones is 1. The highest BCUT2D eigenvalue weighted by atomic mass is 16.3. The molecule has 36 heavy (non-hydrogen) atoms. The van der Waals surface area contributed by atoms with E-state index >= 15 is 0 Å². The summed E-state index contributed by atoms with van der Waals surface area (Å²) in [5, 5.41) is 27.2. The van der Waals surface area contributed by atoms with Crippen molar-refractivity contribution in [3.05, 3.63) is 106 Å². The fourth-order valence-electron chi connectivity index (χ4n) is 4.67. The van der Waals surface area contributed by atoms with E-state index in [4.69, 9.17) is 5.73 Å². The van der Waals surface area contributed by atoms with E-state index in [-0.39, 0.29) is 23.5 Å². The molecule has 0 bridgehead atoms. The van der Waals surface area contributed by atoms with Crippen LogP contribution < -0.4 is 16.6 Å². The maximum atomic E-state index is 13.6. The van der Waals surface area contributed by atoms with Crippen molar-refractivity contribution in [1.82, 2.24) is 4.57 Å². The molecule has 0 aliphatic carbocycles. The lowest BCUT2D eigenvalue weighted by molar-refractivity contribution is 0.0972. The van der Waals surface area contributed by atoms with E-state index in [1.54, 1.807) is 67.7 Å². The summed E-state index contributed by atoms with van der Waals surface area (Å²) in [6.07, 6.45) is -0.187. The molecule has 0 aliphatic heterocycles. The molecule has 0 spiro atoms. The number of nitrogens with two attached hydrogens (primary N) is 1. The summed E-state index contributed by atoms with van der Waals surface area (Å²) < 4.78 is 1.36. The highest BCUT2D eigenvalue weighted by Gasteiger charge is 2.27. The fraction of sp³-hybridized carbons (Fsp3) is 0.103. The molecule has 7 nitrogen and oxygen atoms in total. The van der Waals surface area contributed by atoms with Gasteiger partial charge < -0.3 is 25.8 Å². The van der Waals surface area contributed by atoms with Gasteiger partial charge in [-0.05, 0) is 53.2 Å². The predicted molar refractivity (Wildman–Crippen MR) is 143 cm³/mol. The van der Waals surface area contributed by atoms with Crippen LogP contribution in [0.1, 0.15) is 28.4 Å². The molecule has 5 aromatic rings. The molecule has 0 amide bonds. The monoisotopic (exact) mass is 479 g/mol. The van der Waals surface area contributed by atoms with E-state index in [9.17, 15) is 19.8 Å². The standard InChI is InChI=1S/C29H25N3O4/c1-32-23-9-5-4-8-21(23)28(35)27(29(32)36)25(34)16-22(31-19-13-11-18(30)12-14-19)26-20-7-3-2-6-17(20)10-15-24(26)33/h2-15,22,31,33,35H,16,30H2,1H3. The maximum absolute atomic E-state index is 13.6. The van der Waals surface area contributed by atoms with Crippen LogP contribution in [0.25, 0.3) is 21.7 Å². The fourth-order valence-corrected chi connectivity index (χ4v) is 4.67. The zero-order chi connectivity index (χ0) is 25.4. The van der Waals surface area contributed by atoms with Gasteiger partial charge in [-0.2, -0.15) is 0 Å². The Hall–Kier alpha value is -4.78. The topological polar surface area (TPSA) is 118 Å². The predicted octanol–water partition coefficient (Wildman–Crippen LogP) is 5.11. The second-order valence-electron chi connectivity index (χ2n) is 8.77. The number of hydrogen-bond donors (Lipinski definition) is 4. The van der Waals surface area contributed by atoms with E-state index in [1.165, 1.54) is 4.57 Å². The van der Waals surface area contributed by atoms with Crippen molar-refractivity contribution in [1.29, 1.82) is 0 Å². The number of aryl methyl sites for hydroxylation is 1. The Balaban J connectivity index is 1.64. The maximum Gasteiger partial charge on any atom is 0.265 e. The molecule has 5 N–H and O–H groups in total. The average Bonchev–Trinajstić information content (AvgIpc) is 2.88. The number of Topliss-reactive ketones (excluding diaryl/α,β-unsaturated/α-hetero) is 1. The molecule has 0 fully saturated rings. The number of fused-ring (bicyclic) bond motifs is 2. The SMILES string of the molecule is Cn1c(=O)c(C(=O)CC(Nc2ccc(N)cc2)c2c(O)ccc3ccccc23)c(O)c2ccccc21. The van der Waals surface area contributed by atoms with Gasteiger partial charge in [-0.15, -0.1) is 0 Å². The van der Waals surface area contributed by atoms with Crippen LogP contribution in [0, 0.1) is 0 Å². The minimum absolute atomic E-state index is 0.0186. The molecule has 4 aromatic carbocycles. The number of nitrogens with one attached hydrogen (secondary N) is 1. The number of pyridine rings is 1. The first-order valence-electron chi connectivity index (χ1n) is 11.5. The third kappa shape index (κ3) is 4.01. The molecule has 0 aliphatic rings. The van der Waals surface area contributed by atoms with E-state index in [2.05, 4.69) is 5.32 Å². The first kappa shape index (κ1) is 23.0. The summed E-state index contributed by atoms with van der Waals surface area (Å²) >= 11 is 0. The number of carbonyl (C=O) groups is 1. The first-order chi connectivity index (χ1) is 17.3. The van der Waals surface area contributed by atoms with Crippen molar-refractivity contribution in [3.8, 4) is 11.5 Å². The highest BCUT2D eigenvalue weighted by molar-refractivity contribution is 6.04. The van der Waals surface area contributed by atoms with Crippen molar-refractivity contribution in [2.24, 2.45) is 7.05 Å². The number of carbonyl (C=O) groups excluding carboxylic acids is 1. The molecule has 5 rings (SSSR count). The van der Waals surface area contributed by atoms with Crippen LogP contribution in [0.2, 0.25) is 0 Å². The second-order valence-corrected chi connectivity index (χ2v) is 8.77. The lowest BCUT2D eigenvalue weighted by Crippen LogP contribution is -2.27. The molecule has 180 valence electrons. The Kier molecular flexibility index (Phi) is 5.82. The van der Waals surface area contributed by atoms with Gasteiger partial charge in [0.15, 0.2) is 5.78 Å². The Morgan fingerprint density at radius 2 is 1.58 bits per heavy atom. The van der Waals surface area contributed by atoms with Gasteiger partial charge in [0.25, 0.3) is 5.56 Å². The quantitative estimate of drug-likeness (QED) is 0.199. The van der Waals surface area contributed by atoms with Gasteiger partial charge in [-0.1, -0.05) is 42.5 Å². The first-order valence-corrected chi connectivity index (χ1v) is 11.5. The zero-order valence-electron chi connectivity index (χ0n) is 19.6. The molecule has 7 heteroatoms. The molecular weight excluding hydrogens is 454 g/mol. The van der Waals surface area contributed by atoms with E-state index in [0.29, 0.717) is 27.8 Å². The molecule has 0 saturated carbocycles. The van der Waals surface area contributed by atoms with Crippen molar-refractivity contribution in [2.75, 3.05) is 11.1 Å². The Labute approximate surface area is 207 Å². The van der Waals surface area contributed by atoms with Crippen LogP contribution in [-0.4, -0.2) is 20.6 Å². The highest BCUT2D eigenvalue weighted by Crippen LogP contribution is 2.37. The van der Waals surface area contributed by atoms with Crippen LogP contribution in [0.15, 0.2) is 89.7 Å². The van der Waals surface area contributed by atoms with Gasteiger partial charge in [-0.3, -0.25) is 9.59 Å². The minimum Gasteiger partial charge on any atom is -0.508 e.